The van der Waals surface area contributed by atoms with Gasteiger partial charge in [-0.2, -0.15) is 10.1 Å². The van der Waals surface area contributed by atoms with Crippen molar-refractivity contribution in [1.82, 2.24) is 19.7 Å². The van der Waals surface area contributed by atoms with Crippen LogP contribution in [0.25, 0.3) is 22.4 Å². The number of aromatic nitrogens is 4. The van der Waals surface area contributed by atoms with E-state index in [1.807, 2.05) is 72.8 Å². The SMILES string of the molecule is N=C/C=C(\Nc1ccccc1)c1nn(-c2cccc(Oc3nc4ccccc4[nH]3)c2)ccc1=O. The van der Waals surface area contributed by atoms with Gasteiger partial charge in [0, 0.05) is 30.2 Å². The summed E-state index contributed by atoms with van der Waals surface area (Å²) >= 11 is 0. The van der Waals surface area contributed by atoms with E-state index in [4.69, 9.17) is 10.1 Å². The molecule has 0 aliphatic carbocycles. The van der Waals surface area contributed by atoms with Crippen molar-refractivity contribution in [2.75, 3.05) is 5.32 Å². The molecule has 0 aliphatic rings. The highest BCUT2D eigenvalue weighted by Crippen LogP contribution is 2.24. The quantitative estimate of drug-likeness (QED) is 0.304. The molecule has 0 radical (unpaired) electrons. The fourth-order valence-corrected chi connectivity index (χ4v) is 3.46. The summed E-state index contributed by atoms with van der Waals surface area (Å²) in [6.07, 6.45) is 4.21. The fraction of sp³-hybridized carbons (Fsp3) is 0. The van der Waals surface area contributed by atoms with Gasteiger partial charge in [-0.25, -0.2) is 4.68 Å². The van der Waals surface area contributed by atoms with Gasteiger partial charge in [-0.15, -0.1) is 0 Å². The number of nitrogens with one attached hydrogen (secondary N) is 3. The van der Waals surface area contributed by atoms with Gasteiger partial charge in [0.2, 0.25) is 5.43 Å². The largest absolute Gasteiger partial charge is 0.426 e. The zero-order valence-electron chi connectivity index (χ0n) is 18.0. The molecule has 0 spiro atoms. The first-order chi connectivity index (χ1) is 16.7. The number of nitrogens with zero attached hydrogens (tertiary/aromatic N) is 3. The number of rotatable bonds is 7. The normalized spacial score (nSPS) is 11.4. The zero-order chi connectivity index (χ0) is 23.3. The van der Waals surface area contributed by atoms with Crippen molar-refractivity contribution in [2.45, 2.75) is 0 Å². The molecule has 2 aromatic heterocycles. The van der Waals surface area contributed by atoms with Crippen molar-refractivity contribution < 1.29 is 4.74 Å². The first-order valence-corrected chi connectivity index (χ1v) is 10.6. The highest BCUT2D eigenvalue weighted by Gasteiger charge is 2.11. The van der Waals surface area contributed by atoms with Gasteiger partial charge < -0.3 is 20.4 Å². The lowest BCUT2D eigenvalue weighted by Gasteiger charge is -2.12. The van der Waals surface area contributed by atoms with Crippen molar-refractivity contribution in [2.24, 2.45) is 0 Å². The van der Waals surface area contributed by atoms with Crippen LogP contribution in [0.1, 0.15) is 5.69 Å². The van der Waals surface area contributed by atoms with Crippen LogP contribution < -0.4 is 15.5 Å². The lowest BCUT2D eigenvalue weighted by atomic mass is 10.2. The van der Waals surface area contributed by atoms with Gasteiger partial charge in [-0.3, -0.25) is 4.79 Å². The van der Waals surface area contributed by atoms with Crippen molar-refractivity contribution >= 4 is 28.6 Å². The number of ether oxygens (including phenoxy) is 1. The monoisotopic (exact) mass is 448 g/mol. The van der Waals surface area contributed by atoms with Gasteiger partial charge in [0.25, 0.3) is 6.01 Å². The van der Waals surface area contributed by atoms with Crippen molar-refractivity contribution in [3.8, 4) is 17.4 Å². The summed E-state index contributed by atoms with van der Waals surface area (Å²) in [7, 11) is 0. The second-order valence-electron chi connectivity index (χ2n) is 7.37. The lowest BCUT2D eigenvalue weighted by Crippen LogP contribution is -2.18. The average Bonchev–Trinajstić information content (AvgIpc) is 3.27. The van der Waals surface area contributed by atoms with E-state index in [2.05, 4.69) is 20.4 Å². The molecule has 2 heterocycles. The smallest absolute Gasteiger partial charge is 0.300 e. The molecule has 166 valence electrons. The zero-order valence-corrected chi connectivity index (χ0v) is 18.0. The second-order valence-corrected chi connectivity index (χ2v) is 7.37. The van der Waals surface area contributed by atoms with Crippen molar-refractivity contribution in [3.63, 3.8) is 0 Å². The number of fused-ring (bicyclic) bond motifs is 1. The molecular weight excluding hydrogens is 428 g/mol. The van der Waals surface area contributed by atoms with Gasteiger partial charge in [0.1, 0.15) is 5.75 Å². The molecule has 0 atom stereocenters. The van der Waals surface area contributed by atoms with Gasteiger partial charge in [-0.05, 0) is 42.5 Å². The van der Waals surface area contributed by atoms with Crippen LogP contribution in [0.4, 0.5) is 5.69 Å². The highest BCUT2D eigenvalue weighted by molar-refractivity contribution is 5.86. The summed E-state index contributed by atoms with van der Waals surface area (Å²) in [5, 5.41) is 15.2. The first-order valence-electron chi connectivity index (χ1n) is 10.6. The maximum absolute atomic E-state index is 12.6. The number of imidazole rings is 1. The van der Waals surface area contributed by atoms with Gasteiger partial charge in [0.15, 0.2) is 5.69 Å². The molecule has 34 heavy (non-hydrogen) atoms. The topological polar surface area (TPSA) is 109 Å². The molecule has 8 nitrogen and oxygen atoms in total. The van der Waals surface area contributed by atoms with Crippen molar-refractivity contribution in [3.05, 3.63) is 113 Å². The van der Waals surface area contributed by atoms with Crippen LogP contribution in [0, 0.1) is 5.41 Å². The Morgan fingerprint density at radius 3 is 2.65 bits per heavy atom. The van der Waals surface area contributed by atoms with Crippen LogP contribution in [0.3, 0.4) is 0 Å². The molecule has 0 unspecified atom stereocenters. The molecule has 0 aliphatic heterocycles. The molecule has 5 rings (SSSR count). The van der Waals surface area contributed by atoms with Gasteiger partial charge >= 0.3 is 0 Å². The van der Waals surface area contributed by atoms with E-state index in [1.54, 1.807) is 16.9 Å². The predicted octanol–water partition coefficient (Wildman–Crippen LogP) is 5.00. The molecule has 3 N–H and O–H groups in total. The number of anilines is 1. The summed E-state index contributed by atoms with van der Waals surface area (Å²) in [6.45, 7) is 0. The Hall–Kier alpha value is -4.98. The molecule has 0 bridgehead atoms. The predicted molar refractivity (Wildman–Crippen MR) is 133 cm³/mol. The summed E-state index contributed by atoms with van der Waals surface area (Å²) in [4.78, 5) is 20.2. The van der Waals surface area contributed by atoms with E-state index < -0.39 is 0 Å². The molecule has 8 heteroatoms. The second kappa shape index (κ2) is 9.25. The molecule has 0 saturated heterocycles. The summed E-state index contributed by atoms with van der Waals surface area (Å²) < 4.78 is 7.51. The van der Waals surface area contributed by atoms with Crippen LogP contribution in [0.5, 0.6) is 11.8 Å². The number of para-hydroxylation sites is 3. The molecule has 3 aromatic carbocycles. The molecule has 0 saturated carbocycles. The number of hydrogen-bond acceptors (Lipinski definition) is 6. The standard InChI is InChI=1S/C26H20N6O2/c27-15-13-23(28-18-7-2-1-3-8-18)25-24(33)14-16-32(31-25)19-9-6-10-20(17-19)34-26-29-21-11-4-5-12-22(21)30-26/h1-17,27-28H,(H,29,30)/b23-13-,27-15?. The lowest BCUT2D eigenvalue weighted by molar-refractivity contribution is 0.449. The van der Waals surface area contributed by atoms with E-state index in [0.717, 1.165) is 22.9 Å². The van der Waals surface area contributed by atoms with Crippen LogP contribution in [-0.4, -0.2) is 26.0 Å². The maximum atomic E-state index is 12.6. The van der Waals surface area contributed by atoms with E-state index in [0.29, 0.717) is 23.1 Å². The third-order valence-corrected chi connectivity index (χ3v) is 5.03. The number of benzene rings is 3. The Balaban J connectivity index is 1.46. The van der Waals surface area contributed by atoms with E-state index in [-0.39, 0.29) is 11.1 Å². The summed E-state index contributed by atoms with van der Waals surface area (Å²) in [5.74, 6) is 0.566. The van der Waals surface area contributed by atoms with Gasteiger partial charge in [0.05, 0.1) is 22.4 Å². The molecule has 5 aromatic rings. The molecule has 0 amide bonds. The van der Waals surface area contributed by atoms with Crippen LogP contribution in [-0.2, 0) is 0 Å². The third kappa shape index (κ3) is 4.46. The Morgan fingerprint density at radius 2 is 1.82 bits per heavy atom. The molecular formula is C26H20N6O2. The number of allylic oxidation sites excluding steroid dienone is 1. The average molecular weight is 448 g/mol. The summed E-state index contributed by atoms with van der Waals surface area (Å²) in [5.41, 5.74) is 3.54. The van der Waals surface area contributed by atoms with E-state index in [1.165, 1.54) is 12.1 Å². The van der Waals surface area contributed by atoms with Crippen LogP contribution >= 0.6 is 0 Å². The molecule has 0 fully saturated rings. The van der Waals surface area contributed by atoms with E-state index in [9.17, 15) is 4.79 Å². The first kappa shape index (κ1) is 20.9. The van der Waals surface area contributed by atoms with Crippen LogP contribution in [0.2, 0.25) is 0 Å². The Bertz CT molecular complexity index is 1520. The number of aromatic amines is 1. The third-order valence-electron chi connectivity index (χ3n) is 5.03. The Morgan fingerprint density at radius 1 is 1.00 bits per heavy atom. The van der Waals surface area contributed by atoms with Crippen LogP contribution in [0.15, 0.2) is 102 Å². The van der Waals surface area contributed by atoms with Crippen molar-refractivity contribution in [1.29, 1.82) is 5.41 Å². The maximum Gasteiger partial charge on any atom is 0.300 e. The Labute approximate surface area is 194 Å². The Kier molecular flexibility index (Phi) is 5.69. The fourth-order valence-electron chi connectivity index (χ4n) is 3.46. The minimum Gasteiger partial charge on any atom is -0.426 e. The minimum absolute atomic E-state index is 0.193. The minimum atomic E-state index is -0.262. The summed E-state index contributed by atoms with van der Waals surface area (Å²) in [6, 6.07) is 26.2. The highest BCUT2D eigenvalue weighted by atomic mass is 16.5. The van der Waals surface area contributed by atoms with Gasteiger partial charge in [-0.1, -0.05) is 36.4 Å². The number of hydrogen-bond donors (Lipinski definition) is 3. The van der Waals surface area contributed by atoms with E-state index >= 15 is 0 Å². The number of H-pyrrole nitrogens is 1.